The molecule has 1 N–H and O–H groups in total. The molecule has 1 fully saturated rings. The van der Waals surface area contributed by atoms with Gasteiger partial charge in [0.05, 0.1) is 10.6 Å². The molecule has 0 spiro atoms. The maximum Gasteiger partial charge on any atom is 0.264 e. The molecule has 1 atom stereocenters. The van der Waals surface area contributed by atoms with Crippen LogP contribution in [0.1, 0.15) is 36.8 Å². The third-order valence-corrected chi connectivity index (χ3v) is 9.78. The van der Waals surface area contributed by atoms with Crippen LogP contribution in [0.5, 0.6) is 0 Å². The van der Waals surface area contributed by atoms with E-state index in [0.29, 0.717) is 0 Å². The average Bonchev–Trinajstić information content (AvgIpc) is 3.56. The van der Waals surface area contributed by atoms with Crippen LogP contribution in [0, 0.1) is 11.6 Å². The third kappa shape index (κ3) is 7.94. The molecule has 1 saturated carbocycles. The van der Waals surface area contributed by atoms with Gasteiger partial charge >= 0.3 is 0 Å². The summed E-state index contributed by atoms with van der Waals surface area (Å²) in [6.45, 7) is -0.944. The van der Waals surface area contributed by atoms with Gasteiger partial charge in [0.1, 0.15) is 24.2 Å². The van der Waals surface area contributed by atoms with E-state index in [-0.39, 0.29) is 41.1 Å². The molecule has 45 heavy (non-hydrogen) atoms. The average molecular weight is 632 g/mol. The van der Waals surface area contributed by atoms with Gasteiger partial charge in [0, 0.05) is 24.6 Å². The van der Waals surface area contributed by atoms with E-state index in [2.05, 4.69) is 5.32 Å². The molecule has 0 saturated heterocycles. The first-order valence-corrected chi connectivity index (χ1v) is 16.4. The Morgan fingerprint density at radius 2 is 1.40 bits per heavy atom. The van der Waals surface area contributed by atoms with Crippen LogP contribution in [0.2, 0.25) is 0 Å². The van der Waals surface area contributed by atoms with Crippen molar-refractivity contribution >= 4 is 27.5 Å². The van der Waals surface area contributed by atoms with E-state index in [0.717, 1.165) is 59.8 Å². The molecule has 1 aliphatic rings. The lowest BCUT2D eigenvalue weighted by atomic mass is 10.0. The van der Waals surface area contributed by atoms with E-state index in [9.17, 15) is 22.4 Å². The van der Waals surface area contributed by atoms with Crippen molar-refractivity contribution in [3.05, 3.63) is 132 Å². The summed E-state index contributed by atoms with van der Waals surface area (Å²) in [5, 5.41) is 3.09. The highest BCUT2D eigenvalue weighted by atomic mass is 32.2. The molecule has 0 bridgehead atoms. The zero-order valence-corrected chi connectivity index (χ0v) is 25.5. The van der Waals surface area contributed by atoms with Crippen LogP contribution in [0.4, 0.5) is 14.5 Å². The molecule has 0 heterocycles. The molecular weight excluding hydrogens is 596 g/mol. The SMILES string of the molecule is O=C(NC1CCCC1)[C@H](Cc1ccccc1)N(Cc1ccccc1F)C(=O)CN(c1ccccc1)S(=O)(=O)c1ccc(F)cc1. The molecule has 4 aromatic rings. The summed E-state index contributed by atoms with van der Waals surface area (Å²) in [5.41, 5.74) is 1.18. The Bertz CT molecular complexity index is 1700. The zero-order chi connectivity index (χ0) is 31.8. The smallest absolute Gasteiger partial charge is 0.264 e. The van der Waals surface area contributed by atoms with Gasteiger partial charge in [0.2, 0.25) is 11.8 Å². The van der Waals surface area contributed by atoms with Gasteiger partial charge in [-0.05, 0) is 60.9 Å². The highest BCUT2D eigenvalue weighted by Crippen LogP contribution is 2.26. The first-order valence-electron chi connectivity index (χ1n) is 14.9. The van der Waals surface area contributed by atoms with Crippen molar-refractivity contribution in [2.45, 2.75) is 55.6 Å². The fourth-order valence-electron chi connectivity index (χ4n) is 5.59. The second-order valence-corrected chi connectivity index (χ2v) is 13.0. The van der Waals surface area contributed by atoms with Gasteiger partial charge in [0.15, 0.2) is 0 Å². The van der Waals surface area contributed by atoms with Crippen LogP contribution in [0.15, 0.2) is 114 Å². The number of halogens is 2. The topological polar surface area (TPSA) is 86.8 Å². The third-order valence-electron chi connectivity index (χ3n) is 8.00. The lowest BCUT2D eigenvalue weighted by Gasteiger charge is -2.34. The van der Waals surface area contributed by atoms with Crippen molar-refractivity contribution in [2.75, 3.05) is 10.8 Å². The predicted octanol–water partition coefficient (Wildman–Crippen LogP) is 5.86. The van der Waals surface area contributed by atoms with E-state index in [4.69, 9.17) is 0 Å². The first-order chi connectivity index (χ1) is 21.7. The summed E-state index contributed by atoms with van der Waals surface area (Å²) in [5.74, 6) is -2.24. The summed E-state index contributed by atoms with van der Waals surface area (Å²) in [6, 6.07) is 26.5. The molecule has 0 aromatic heterocycles. The number of carbonyl (C=O) groups is 2. The molecule has 0 aliphatic heterocycles. The number of hydrogen-bond donors (Lipinski definition) is 1. The fourth-order valence-corrected chi connectivity index (χ4v) is 7.00. The number of sulfonamides is 1. The Kier molecular flexibility index (Phi) is 10.2. The number of nitrogens with zero attached hydrogens (tertiary/aromatic N) is 2. The standard InChI is InChI=1S/C35H35F2N3O4S/c36-28-19-21-31(22-20-28)45(43,44)40(30-16-5-2-6-17-30)25-34(41)39(24-27-13-7-10-18-32(27)37)33(23-26-11-3-1-4-12-26)35(42)38-29-14-8-9-15-29/h1-7,10-13,16-22,29,33H,8-9,14-15,23-25H2,(H,38,42)/t33-/m0/s1. The van der Waals surface area contributed by atoms with Crippen molar-refractivity contribution in [2.24, 2.45) is 0 Å². The molecule has 4 aromatic carbocycles. The molecule has 0 radical (unpaired) electrons. The highest BCUT2D eigenvalue weighted by molar-refractivity contribution is 7.92. The molecule has 5 rings (SSSR count). The molecule has 234 valence electrons. The number of rotatable bonds is 12. The molecule has 0 unspecified atom stereocenters. The van der Waals surface area contributed by atoms with Crippen LogP contribution >= 0.6 is 0 Å². The lowest BCUT2D eigenvalue weighted by Crippen LogP contribution is -2.54. The Hall–Kier alpha value is -4.57. The minimum Gasteiger partial charge on any atom is -0.352 e. The van der Waals surface area contributed by atoms with E-state index >= 15 is 4.39 Å². The van der Waals surface area contributed by atoms with Crippen LogP contribution < -0.4 is 9.62 Å². The zero-order valence-electron chi connectivity index (χ0n) is 24.7. The van der Waals surface area contributed by atoms with Gasteiger partial charge in [-0.15, -0.1) is 0 Å². The van der Waals surface area contributed by atoms with Crippen molar-refractivity contribution in [3.63, 3.8) is 0 Å². The Morgan fingerprint density at radius 3 is 2.04 bits per heavy atom. The number of benzene rings is 4. The van der Waals surface area contributed by atoms with Crippen molar-refractivity contribution in [3.8, 4) is 0 Å². The number of hydrogen-bond acceptors (Lipinski definition) is 4. The monoisotopic (exact) mass is 631 g/mol. The van der Waals surface area contributed by atoms with Crippen molar-refractivity contribution in [1.29, 1.82) is 0 Å². The van der Waals surface area contributed by atoms with Gasteiger partial charge in [-0.1, -0.05) is 79.6 Å². The highest BCUT2D eigenvalue weighted by Gasteiger charge is 2.35. The number of anilines is 1. The predicted molar refractivity (Wildman–Crippen MR) is 169 cm³/mol. The summed E-state index contributed by atoms with van der Waals surface area (Å²) >= 11 is 0. The Labute approximate surface area is 262 Å². The van der Waals surface area contributed by atoms with Crippen LogP contribution in [-0.2, 0) is 32.6 Å². The second kappa shape index (κ2) is 14.5. The van der Waals surface area contributed by atoms with Crippen molar-refractivity contribution in [1.82, 2.24) is 10.2 Å². The number of carbonyl (C=O) groups excluding carboxylic acids is 2. The van der Waals surface area contributed by atoms with Gasteiger partial charge in [-0.3, -0.25) is 13.9 Å². The first kappa shape index (κ1) is 31.8. The summed E-state index contributed by atoms with van der Waals surface area (Å²) in [6.07, 6.45) is 3.75. The van der Waals surface area contributed by atoms with E-state index < -0.39 is 40.2 Å². The summed E-state index contributed by atoms with van der Waals surface area (Å²) in [4.78, 5) is 29.4. The minimum absolute atomic E-state index is 0.0409. The normalized spacial score (nSPS) is 14.1. The maximum absolute atomic E-state index is 15.0. The second-order valence-electron chi connectivity index (χ2n) is 11.1. The van der Waals surface area contributed by atoms with E-state index in [1.807, 2.05) is 30.3 Å². The molecule has 2 amide bonds. The largest absolute Gasteiger partial charge is 0.352 e. The van der Waals surface area contributed by atoms with Gasteiger partial charge < -0.3 is 10.2 Å². The summed E-state index contributed by atoms with van der Waals surface area (Å²) in [7, 11) is -4.36. The van der Waals surface area contributed by atoms with Crippen LogP contribution in [0.25, 0.3) is 0 Å². The number of nitrogens with one attached hydrogen (secondary N) is 1. The molecular formula is C35H35F2N3O4S. The Balaban J connectivity index is 1.56. The van der Waals surface area contributed by atoms with Crippen LogP contribution in [-0.4, -0.2) is 43.8 Å². The van der Waals surface area contributed by atoms with Crippen LogP contribution in [0.3, 0.4) is 0 Å². The Morgan fingerprint density at radius 1 is 0.800 bits per heavy atom. The number of para-hydroxylation sites is 1. The quantitative estimate of drug-likeness (QED) is 0.212. The lowest BCUT2D eigenvalue weighted by molar-refractivity contribution is -0.140. The summed E-state index contributed by atoms with van der Waals surface area (Å²) < 4.78 is 57.5. The maximum atomic E-state index is 15.0. The van der Waals surface area contributed by atoms with Gasteiger partial charge in [0.25, 0.3) is 10.0 Å². The molecule has 10 heteroatoms. The number of amides is 2. The van der Waals surface area contributed by atoms with E-state index in [1.165, 1.54) is 23.1 Å². The van der Waals surface area contributed by atoms with E-state index in [1.54, 1.807) is 36.4 Å². The molecule has 1 aliphatic carbocycles. The van der Waals surface area contributed by atoms with Gasteiger partial charge in [-0.2, -0.15) is 0 Å². The minimum atomic E-state index is -4.36. The fraction of sp³-hybridized carbons (Fsp3) is 0.257. The van der Waals surface area contributed by atoms with Crippen molar-refractivity contribution < 1.29 is 26.8 Å². The molecule has 7 nitrogen and oxygen atoms in total. The van der Waals surface area contributed by atoms with Gasteiger partial charge in [-0.25, -0.2) is 17.2 Å².